The van der Waals surface area contributed by atoms with Gasteiger partial charge in [0.2, 0.25) is 0 Å². The molecule has 0 aromatic carbocycles. The topological polar surface area (TPSA) is 51.0 Å². The van der Waals surface area contributed by atoms with Crippen LogP contribution in [0.5, 0.6) is 0 Å². The number of rotatable bonds is 3. The third-order valence-corrected chi connectivity index (χ3v) is 6.71. The van der Waals surface area contributed by atoms with Gasteiger partial charge in [-0.2, -0.15) is 4.99 Å². The second kappa shape index (κ2) is 6.52. The number of aliphatic imine (C=N–C) groups is 2. The maximum atomic E-state index is 12.5. The molecule has 0 aromatic rings. The van der Waals surface area contributed by atoms with Crippen LogP contribution in [-0.4, -0.2) is 29.5 Å². The Morgan fingerprint density at radius 1 is 1.13 bits per heavy atom. The van der Waals surface area contributed by atoms with E-state index in [4.69, 9.17) is 4.74 Å². The van der Waals surface area contributed by atoms with E-state index < -0.39 is 0 Å². The van der Waals surface area contributed by atoms with Crippen LogP contribution in [0.25, 0.3) is 0 Å². The Morgan fingerprint density at radius 2 is 1.96 bits per heavy atom. The maximum absolute atomic E-state index is 12.5. The van der Waals surface area contributed by atoms with Gasteiger partial charge in [0.15, 0.2) is 5.84 Å². The number of fused-ring (bicyclic) bond motifs is 2. The lowest BCUT2D eigenvalue weighted by molar-refractivity contribution is -0.118. The van der Waals surface area contributed by atoms with Crippen molar-refractivity contribution in [3.8, 4) is 0 Å². The molecule has 0 N–H and O–H groups in total. The van der Waals surface area contributed by atoms with Crippen molar-refractivity contribution in [1.29, 1.82) is 0 Å². The molecule has 2 aliphatic carbocycles. The average molecular weight is 332 g/mol. The lowest BCUT2D eigenvalue weighted by Gasteiger charge is -2.28. The smallest absolute Gasteiger partial charge is 0.261 e. The molecule has 4 nitrogen and oxygen atoms in total. The zero-order chi connectivity index (χ0) is 15.8. The minimum Gasteiger partial charge on any atom is -0.370 e. The minimum absolute atomic E-state index is 0.0234. The molecule has 4 aliphatic rings. The van der Waals surface area contributed by atoms with Crippen LogP contribution in [0.2, 0.25) is 0 Å². The summed E-state index contributed by atoms with van der Waals surface area (Å²) in [6.07, 6.45) is 9.76. The number of thioether (sulfide) groups is 1. The van der Waals surface area contributed by atoms with Crippen LogP contribution in [0.3, 0.4) is 0 Å². The van der Waals surface area contributed by atoms with Gasteiger partial charge in [0.05, 0.1) is 11.1 Å². The molecule has 0 aromatic heterocycles. The van der Waals surface area contributed by atoms with Crippen molar-refractivity contribution in [1.82, 2.24) is 0 Å². The number of hydrogen-bond acceptors (Lipinski definition) is 4. The standard InChI is InChI=1S/C18H24N2O2S/c1-11-6-2-4-8-13(11)22-10-15-19-17(21)16-12-7-3-5-9-14(12)23-18(16)20-15/h11,13,16H,2-10H2,1H3. The maximum Gasteiger partial charge on any atom is 0.261 e. The summed E-state index contributed by atoms with van der Waals surface area (Å²) in [6.45, 7) is 2.63. The van der Waals surface area contributed by atoms with Crippen LogP contribution in [0.15, 0.2) is 20.5 Å². The van der Waals surface area contributed by atoms with E-state index >= 15 is 0 Å². The molecule has 0 radical (unpaired) electrons. The Hall–Kier alpha value is -0.940. The number of carbonyl (C=O) groups is 1. The first-order valence-electron chi connectivity index (χ1n) is 8.94. The predicted octanol–water partition coefficient (Wildman–Crippen LogP) is 4.11. The normalized spacial score (nSPS) is 34.0. The summed E-state index contributed by atoms with van der Waals surface area (Å²) in [7, 11) is 0. The highest BCUT2D eigenvalue weighted by Crippen LogP contribution is 2.47. The Balaban J connectivity index is 1.43. The molecule has 0 bridgehead atoms. The van der Waals surface area contributed by atoms with E-state index in [1.807, 2.05) is 0 Å². The van der Waals surface area contributed by atoms with Crippen molar-refractivity contribution >= 4 is 28.5 Å². The van der Waals surface area contributed by atoms with Gasteiger partial charge in [0.1, 0.15) is 12.5 Å². The van der Waals surface area contributed by atoms with E-state index in [9.17, 15) is 4.79 Å². The third-order valence-electron chi connectivity index (χ3n) is 5.47. The molecule has 3 atom stereocenters. The number of ether oxygens (including phenoxy) is 1. The third kappa shape index (κ3) is 3.05. The summed E-state index contributed by atoms with van der Waals surface area (Å²) in [4.78, 5) is 22.8. The van der Waals surface area contributed by atoms with E-state index in [1.54, 1.807) is 11.8 Å². The molecule has 124 valence electrons. The lowest BCUT2D eigenvalue weighted by Crippen LogP contribution is -2.31. The first kappa shape index (κ1) is 15.6. The van der Waals surface area contributed by atoms with Crippen LogP contribution < -0.4 is 0 Å². The Bertz CT molecular complexity index is 608. The van der Waals surface area contributed by atoms with Gasteiger partial charge in [-0.05, 0) is 54.9 Å². The van der Waals surface area contributed by atoms with Crippen LogP contribution in [0, 0.1) is 11.8 Å². The molecule has 1 fully saturated rings. The van der Waals surface area contributed by atoms with Crippen LogP contribution >= 0.6 is 11.8 Å². The van der Waals surface area contributed by atoms with E-state index in [0.29, 0.717) is 24.5 Å². The zero-order valence-electron chi connectivity index (χ0n) is 13.7. The minimum atomic E-state index is -0.160. The van der Waals surface area contributed by atoms with Crippen molar-refractivity contribution in [3.63, 3.8) is 0 Å². The monoisotopic (exact) mass is 332 g/mol. The second-order valence-corrected chi connectivity index (χ2v) is 8.23. The summed E-state index contributed by atoms with van der Waals surface area (Å²) in [6, 6.07) is 0. The number of allylic oxidation sites excluding steroid dienone is 1. The lowest BCUT2D eigenvalue weighted by atomic mass is 9.88. The number of nitrogens with zero attached hydrogens (tertiary/aromatic N) is 2. The predicted molar refractivity (Wildman–Crippen MR) is 93.8 cm³/mol. The highest BCUT2D eigenvalue weighted by molar-refractivity contribution is 8.17. The van der Waals surface area contributed by atoms with E-state index in [-0.39, 0.29) is 11.8 Å². The molecule has 2 heterocycles. The van der Waals surface area contributed by atoms with Crippen molar-refractivity contribution < 1.29 is 9.53 Å². The molecule has 3 unspecified atom stereocenters. The van der Waals surface area contributed by atoms with Gasteiger partial charge in [0, 0.05) is 0 Å². The molecule has 1 amide bonds. The van der Waals surface area contributed by atoms with Gasteiger partial charge in [-0.1, -0.05) is 31.5 Å². The summed E-state index contributed by atoms with van der Waals surface area (Å²) in [5.74, 6) is 0.989. The van der Waals surface area contributed by atoms with Crippen molar-refractivity contribution in [2.75, 3.05) is 6.61 Å². The van der Waals surface area contributed by atoms with Gasteiger partial charge in [-0.3, -0.25) is 4.79 Å². The fourth-order valence-electron chi connectivity index (χ4n) is 4.12. The summed E-state index contributed by atoms with van der Waals surface area (Å²) in [5.41, 5.74) is 1.30. The molecule has 0 saturated heterocycles. The molecule has 5 heteroatoms. The first-order valence-corrected chi connectivity index (χ1v) is 9.75. The number of hydrogen-bond donors (Lipinski definition) is 0. The van der Waals surface area contributed by atoms with Crippen molar-refractivity contribution in [3.05, 3.63) is 10.5 Å². The molecular formula is C18H24N2O2S. The Kier molecular flexibility index (Phi) is 4.41. The van der Waals surface area contributed by atoms with Crippen LogP contribution in [0.4, 0.5) is 0 Å². The van der Waals surface area contributed by atoms with E-state index in [0.717, 1.165) is 24.3 Å². The van der Waals surface area contributed by atoms with Gasteiger partial charge in [-0.25, -0.2) is 4.99 Å². The quantitative estimate of drug-likeness (QED) is 0.781. The number of amidine groups is 1. The Labute approximate surface area is 141 Å². The van der Waals surface area contributed by atoms with E-state index in [2.05, 4.69) is 16.9 Å². The fourth-order valence-corrected chi connectivity index (χ4v) is 5.48. The SMILES string of the molecule is CC1CCCCC1OCC1=NC(=O)C2C(=N1)SC1=C2CCCC1. The Morgan fingerprint density at radius 3 is 2.83 bits per heavy atom. The molecule has 0 spiro atoms. The molecule has 4 rings (SSSR count). The number of amides is 1. The van der Waals surface area contributed by atoms with Crippen molar-refractivity contribution in [2.24, 2.45) is 21.8 Å². The largest absolute Gasteiger partial charge is 0.370 e. The van der Waals surface area contributed by atoms with E-state index in [1.165, 1.54) is 42.6 Å². The van der Waals surface area contributed by atoms with Crippen LogP contribution in [0.1, 0.15) is 58.3 Å². The summed E-state index contributed by atoms with van der Waals surface area (Å²) >= 11 is 1.72. The van der Waals surface area contributed by atoms with Gasteiger partial charge in [-0.15, -0.1) is 0 Å². The molecule has 23 heavy (non-hydrogen) atoms. The average Bonchev–Trinajstić information content (AvgIpc) is 2.93. The summed E-state index contributed by atoms with van der Waals surface area (Å²) < 4.78 is 6.04. The van der Waals surface area contributed by atoms with Gasteiger partial charge >= 0.3 is 0 Å². The highest BCUT2D eigenvalue weighted by atomic mass is 32.2. The first-order chi connectivity index (χ1) is 11.2. The second-order valence-electron chi connectivity index (χ2n) is 7.12. The van der Waals surface area contributed by atoms with Crippen LogP contribution in [-0.2, 0) is 9.53 Å². The molecule has 1 saturated carbocycles. The van der Waals surface area contributed by atoms with Gasteiger partial charge < -0.3 is 4.74 Å². The number of carbonyl (C=O) groups excluding carboxylic acids is 1. The summed E-state index contributed by atoms with van der Waals surface area (Å²) in [5, 5.41) is 0.951. The zero-order valence-corrected chi connectivity index (χ0v) is 14.5. The molecular weight excluding hydrogens is 308 g/mol. The highest BCUT2D eigenvalue weighted by Gasteiger charge is 2.40. The fraction of sp³-hybridized carbons (Fsp3) is 0.722. The van der Waals surface area contributed by atoms with Gasteiger partial charge in [0.25, 0.3) is 5.91 Å². The van der Waals surface area contributed by atoms with Crippen molar-refractivity contribution in [2.45, 2.75) is 64.4 Å². The molecule has 2 aliphatic heterocycles.